The lowest BCUT2D eigenvalue weighted by Crippen LogP contribution is -2.27. The second-order valence-electron chi connectivity index (χ2n) is 4.99. The molecule has 0 spiro atoms. The molecule has 6 nitrogen and oxygen atoms in total. The Hall–Kier alpha value is -2.67. The van der Waals surface area contributed by atoms with Gasteiger partial charge in [-0.2, -0.15) is 4.99 Å². The molecule has 118 valence electrons. The van der Waals surface area contributed by atoms with Gasteiger partial charge in [-0.15, -0.1) is 0 Å². The summed E-state index contributed by atoms with van der Waals surface area (Å²) in [5.74, 6) is -1.36. The van der Waals surface area contributed by atoms with Crippen LogP contribution in [0.15, 0.2) is 47.6 Å². The van der Waals surface area contributed by atoms with E-state index in [1.807, 2.05) is 24.3 Å². The van der Waals surface area contributed by atoms with Crippen molar-refractivity contribution < 1.29 is 14.7 Å². The zero-order chi connectivity index (χ0) is 16.4. The average molecular weight is 329 g/mol. The van der Waals surface area contributed by atoms with E-state index >= 15 is 0 Å². The Kier molecular flexibility index (Phi) is 4.12. The van der Waals surface area contributed by atoms with Gasteiger partial charge >= 0.3 is 5.97 Å². The topological polar surface area (TPSA) is 87.4 Å². The molecule has 2 N–H and O–H groups in total. The third-order valence-corrected chi connectivity index (χ3v) is 4.58. The summed E-state index contributed by atoms with van der Waals surface area (Å²) in [6, 6.07) is 10.0. The van der Waals surface area contributed by atoms with Gasteiger partial charge < -0.3 is 14.7 Å². The number of thiazole rings is 1. The summed E-state index contributed by atoms with van der Waals surface area (Å²) in [6.45, 7) is 1.80. The highest BCUT2D eigenvalue weighted by Gasteiger charge is 2.21. The molecule has 23 heavy (non-hydrogen) atoms. The number of fused-ring (bicyclic) bond motifs is 1. The summed E-state index contributed by atoms with van der Waals surface area (Å²) in [7, 11) is 0. The molecular weight excluding hydrogens is 314 g/mol. The summed E-state index contributed by atoms with van der Waals surface area (Å²) < 4.78 is 2.52. The molecule has 0 bridgehead atoms. The summed E-state index contributed by atoms with van der Waals surface area (Å²) >= 11 is 1.31. The molecule has 0 aliphatic heterocycles. The first kappa shape index (κ1) is 15.2. The van der Waals surface area contributed by atoms with E-state index in [9.17, 15) is 14.7 Å². The van der Waals surface area contributed by atoms with E-state index in [2.05, 4.69) is 9.98 Å². The Morgan fingerprint density at radius 1 is 1.30 bits per heavy atom. The first-order valence-corrected chi connectivity index (χ1v) is 7.98. The number of rotatable bonds is 4. The summed E-state index contributed by atoms with van der Waals surface area (Å²) in [5.41, 5.74) is 1.14. The fourth-order valence-corrected chi connectivity index (χ4v) is 3.52. The number of H-pyrrole nitrogens is 1. The van der Waals surface area contributed by atoms with E-state index in [1.54, 1.807) is 29.8 Å². The molecule has 3 rings (SSSR count). The third kappa shape index (κ3) is 2.83. The predicted molar refractivity (Wildman–Crippen MR) is 87.5 cm³/mol. The van der Waals surface area contributed by atoms with Crippen LogP contribution in [0.25, 0.3) is 10.2 Å². The van der Waals surface area contributed by atoms with Gasteiger partial charge in [0.05, 0.1) is 10.2 Å². The maximum absolute atomic E-state index is 12.2. The molecule has 0 aliphatic rings. The molecule has 0 saturated heterocycles. The van der Waals surface area contributed by atoms with E-state index in [-0.39, 0.29) is 0 Å². The fraction of sp³-hybridized carbons (Fsp3) is 0.188. The second-order valence-corrected chi connectivity index (χ2v) is 5.99. The summed E-state index contributed by atoms with van der Waals surface area (Å²) in [4.78, 5) is 31.2. The standard InChI is InChI=1S/C16H15N3O3S/c1-2-11(15(21)22)19-12-7-3-4-8-13(12)23-16(19)18-14(20)10-6-5-9-17-10/h3-9,11,17H,2H2,1H3,(H,21,22)/b18-16+. The van der Waals surface area contributed by atoms with E-state index in [1.165, 1.54) is 11.3 Å². The minimum absolute atomic E-state index is 0.373. The van der Waals surface area contributed by atoms with Crippen LogP contribution in [0.1, 0.15) is 29.9 Å². The number of nitrogens with zero attached hydrogens (tertiary/aromatic N) is 2. The molecule has 1 amide bonds. The quantitative estimate of drug-likeness (QED) is 0.771. The number of aliphatic carboxylic acids is 1. The number of hydrogen-bond acceptors (Lipinski definition) is 3. The fourth-order valence-electron chi connectivity index (χ4n) is 2.45. The van der Waals surface area contributed by atoms with Gasteiger partial charge in [-0.25, -0.2) is 4.79 Å². The number of para-hydroxylation sites is 1. The number of aromatic nitrogens is 2. The van der Waals surface area contributed by atoms with Crippen LogP contribution in [0, 0.1) is 0 Å². The van der Waals surface area contributed by atoms with Crippen molar-refractivity contribution in [3.8, 4) is 0 Å². The van der Waals surface area contributed by atoms with Crippen LogP contribution in [-0.4, -0.2) is 26.5 Å². The zero-order valence-corrected chi connectivity index (χ0v) is 13.2. The van der Waals surface area contributed by atoms with Gasteiger partial charge in [0.15, 0.2) is 4.80 Å². The monoisotopic (exact) mass is 329 g/mol. The van der Waals surface area contributed by atoms with Gasteiger partial charge in [-0.3, -0.25) is 4.79 Å². The largest absolute Gasteiger partial charge is 0.480 e. The van der Waals surface area contributed by atoms with Crippen molar-refractivity contribution in [3.05, 3.63) is 53.1 Å². The SMILES string of the molecule is CCC(C(=O)O)n1/c(=N\C(=O)c2ccc[nH]2)sc2ccccc21. The van der Waals surface area contributed by atoms with Crippen molar-refractivity contribution in [2.24, 2.45) is 4.99 Å². The molecule has 2 heterocycles. The van der Waals surface area contributed by atoms with E-state index in [4.69, 9.17) is 0 Å². The van der Waals surface area contributed by atoms with Gasteiger partial charge in [-0.1, -0.05) is 30.4 Å². The lowest BCUT2D eigenvalue weighted by atomic mass is 10.2. The minimum atomic E-state index is -0.940. The number of amides is 1. The Balaban J connectivity index is 2.24. The highest BCUT2D eigenvalue weighted by Crippen LogP contribution is 2.22. The Bertz CT molecular complexity index is 922. The molecule has 0 aliphatic carbocycles. The van der Waals surface area contributed by atoms with Crippen LogP contribution in [0.4, 0.5) is 0 Å². The average Bonchev–Trinajstić information content (AvgIpc) is 3.16. The van der Waals surface area contributed by atoms with Crippen molar-refractivity contribution >= 4 is 33.4 Å². The van der Waals surface area contributed by atoms with Crippen LogP contribution in [0.2, 0.25) is 0 Å². The lowest BCUT2D eigenvalue weighted by molar-refractivity contribution is -0.140. The van der Waals surface area contributed by atoms with Crippen LogP contribution in [-0.2, 0) is 4.79 Å². The highest BCUT2D eigenvalue weighted by molar-refractivity contribution is 7.16. The number of carbonyl (C=O) groups excluding carboxylic acids is 1. The molecule has 1 aromatic carbocycles. The summed E-state index contributed by atoms with van der Waals surface area (Å²) in [5, 5.41) is 9.50. The molecule has 1 unspecified atom stereocenters. The number of hydrogen-bond donors (Lipinski definition) is 2. The Morgan fingerprint density at radius 3 is 2.74 bits per heavy atom. The molecule has 1 atom stereocenters. The number of carboxylic acids is 1. The maximum Gasteiger partial charge on any atom is 0.326 e. The molecule has 0 radical (unpaired) electrons. The maximum atomic E-state index is 12.2. The van der Waals surface area contributed by atoms with Crippen molar-refractivity contribution in [2.45, 2.75) is 19.4 Å². The number of benzene rings is 1. The lowest BCUT2D eigenvalue weighted by Gasteiger charge is -2.13. The smallest absolute Gasteiger partial charge is 0.326 e. The summed E-state index contributed by atoms with van der Waals surface area (Å²) in [6.07, 6.45) is 2.05. The predicted octanol–water partition coefficient (Wildman–Crippen LogP) is 2.81. The van der Waals surface area contributed by atoms with Gasteiger partial charge in [0.2, 0.25) is 0 Å². The number of aromatic amines is 1. The van der Waals surface area contributed by atoms with Crippen molar-refractivity contribution in [2.75, 3.05) is 0 Å². The number of carbonyl (C=O) groups is 2. The van der Waals surface area contributed by atoms with Crippen LogP contribution >= 0.6 is 11.3 Å². The van der Waals surface area contributed by atoms with E-state index in [0.717, 1.165) is 10.2 Å². The number of carboxylic acid groups (broad SMARTS) is 1. The van der Waals surface area contributed by atoms with Crippen LogP contribution < -0.4 is 4.80 Å². The molecule has 2 aromatic heterocycles. The van der Waals surface area contributed by atoms with Gasteiger partial charge in [0.1, 0.15) is 11.7 Å². The van der Waals surface area contributed by atoms with Crippen LogP contribution in [0.3, 0.4) is 0 Å². The molecule has 0 fully saturated rings. The molecule has 3 aromatic rings. The first-order chi connectivity index (χ1) is 11.1. The van der Waals surface area contributed by atoms with Gasteiger partial charge in [0, 0.05) is 6.20 Å². The van der Waals surface area contributed by atoms with E-state index < -0.39 is 17.9 Å². The molecular formula is C16H15N3O3S. The molecule has 0 saturated carbocycles. The van der Waals surface area contributed by atoms with Gasteiger partial charge in [0.25, 0.3) is 5.91 Å². The second kappa shape index (κ2) is 6.21. The minimum Gasteiger partial charge on any atom is -0.480 e. The Labute approximate surface area is 135 Å². The van der Waals surface area contributed by atoms with Crippen LogP contribution in [0.5, 0.6) is 0 Å². The molecule has 7 heteroatoms. The van der Waals surface area contributed by atoms with Crippen molar-refractivity contribution in [1.29, 1.82) is 0 Å². The normalized spacial score (nSPS) is 13.3. The Morgan fingerprint density at radius 2 is 2.09 bits per heavy atom. The zero-order valence-electron chi connectivity index (χ0n) is 12.4. The first-order valence-electron chi connectivity index (χ1n) is 7.17. The van der Waals surface area contributed by atoms with Crippen molar-refractivity contribution in [1.82, 2.24) is 9.55 Å². The van der Waals surface area contributed by atoms with E-state index in [0.29, 0.717) is 16.9 Å². The third-order valence-electron chi connectivity index (χ3n) is 3.54. The van der Waals surface area contributed by atoms with Gasteiger partial charge in [-0.05, 0) is 30.7 Å². The van der Waals surface area contributed by atoms with Crippen molar-refractivity contribution in [3.63, 3.8) is 0 Å². The highest BCUT2D eigenvalue weighted by atomic mass is 32.1. The number of nitrogens with one attached hydrogen (secondary N) is 1.